The largest absolute Gasteiger partial charge is 0.481 e. The second kappa shape index (κ2) is 9.72. The number of aliphatic carboxylic acids is 1. The number of halogens is 5. The molecule has 1 N–H and O–H groups in total. The van der Waals surface area contributed by atoms with E-state index in [0.717, 1.165) is 37.3 Å². The van der Waals surface area contributed by atoms with Gasteiger partial charge in [0.2, 0.25) is 0 Å². The summed E-state index contributed by atoms with van der Waals surface area (Å²) in [5, 5.41) is 9.03. The molecule has 0 spiro atoms. The molecule has 10 heteroatoms. The first-order valence-corrected chi connectivity index (χ1v) is 11.5. The second-order valence-electron chi connectivity index (χ2n) is 8.15. The van der Waals surface area contributed by atoms with Gasteiger partial charge in [-0.25, -0.2) is 17.2 Å². The quantitative estimate of drug-likeness (QED) is 0.372. The molecular weight excluding hydrogens is 455 g/mol. The van der Waals surface area contributed by atoms with Crippen molar-refractivity contribution in [3.8, 4) is 0 Å². The van der Waals surface area contributed by atoms with Crippen LogP contribution in [0, 0.1) is 23.5 Å². The smallest absolute Gasteiger partial charge is 0.391 e. The number of hydrogen-bond donors (Lipinski definition) is 1. The average Bonchev–Trinajstić information content (AvgIpc) is 2.69. The molecule has 0 saturated heterocycles. The fraction of sp³-hybridized carbons (Fsp3) is 0.500. The summed E-state index contributed by atoms with van der Waals surface area (Å²) >= 11 is 0. The van der Waals surface area contributed by atoms with Crippen molar-refractivity contribution < 1.29 is 40.3 Å². The first kappa shape index (κ1) is 26.0. The average molecular weight is 480 g/mol. The number of carbonyl (C=O) groups is 1. The first-order valence-electron chi connectivity index (χ1n) is 10.1. The van der Waals surface area contributed by atoms with Crippen molar-refractivity contribution in [2.45, 2.75) is 56.4 Å². The molecule has 32 heavy (non-hydrogen) atoms. The monoisotopic (exact) mass is 480 g/mol. The highest BCUT2D eigenvalue weighted by Gasteiger charge is 2.50. The van der Waals surface area contributed by atoms with Crippen LogP contribution in [-0.2, 0) is 19.4 Å². The van der Waals surface area contributed by atoms with Gasteiger partial charge in [0, 0.05) is 12.0 Å². The van der Waals surface area contributed by atoms with Crippen LogP contribution in [-0.4, -0.2) is 25.7 Å². The van der Waals surface area contributed by atoms with E-state index in [0.29, 0.717) is 0 Å². The van der Waals surface area contributed by atoms with Gasteiger partial charge in [-0.1, -0.05) is 25.7 Å². The van der Waals surface area contributed by atoms with Crippen LogP contribution in [0.3, 0.4) is 0 Å². The van der Waals surface area contributed by atoms with Crippen molar-refractivity contribution in [2.75, 3.05) is 0 Å². The minimum atomic E-state index is -4.53. The normalized spacial score (nSPS) is 23.6. The van der Waals surface area contributed by atoms with Crippen LogP contribution in [0.4, 0.5) is 22.0 Å². The van der Waals surface area contributed by atoms with E-state index in [1.807, 2.05) is 0 Å². The van der Waals surface area contributed by atoms with Crippen LogP contribution in [0.5, 0.6) is 0 Å². The SMILES string of the molecule is C=C/C(=C\CC(C)C(F)(F)F)S(=O)(=O)[C@]1(c2cc(F)ccc2F)CC[C@H](CC(=O)O)CC1. The molecule has 0 amide bonds. The van der Waals surface area contributed by atoms with Gasteiger partial charge in [0.15, 0.2) is 9.84 Å². The van der Waals surface area contributed by atoms with Crippen molar-refractivity contribution in [1.29, 1.82) is 0 Å². The van der Waals surface area contributed by atoms with E-state index < -0.39 is 61.2 Å². The highest BCUT2D eigenvalue weighted by atomic mass is 32.2. The fourth-order valence-electron chi connectivity index (χ4n) is 4.08. The lowest BCUT2D eigenvalue weighted by Crippen LogP contribution is -2.41. The predicted octanol–water partition coefficient (Wildman–Crippen LogP) is 5.90. The molecule has 0 aliphatic heterocycles. The van der Waals surface area contributed by atoms with E-state index >= 15 is 0 Å². The minimum absolute atomic E-state index is 0.116. The zero-order valence-corrected chi connectivity index (χ0v) is 18.3. The lowest BCUT2D eigenvalue weighted by Gasteiger charge is -2.40. The van der Waals surface area contributed by atoms with Gasteiger partial charge in [-0.3, -0.25) is 4.79 Å². The third kappa shape index (κ3) is 5.39. The van der Waals surface area contributed by atoms with Gasteiger partial charge in [-0.05, 0) is 56.2 Å². The van der Waals surface area contributed by atoms with Crippen LogP contribution < -0.4 is 0 Å². The van der Waals surface area contributed by atoms with Crippen LogP contribution >= 0.6 is 0 Å². The Balaban J connectivity index is 2.57. The number of alkyl halides is 3. The molecule has 0 radical (unpaired) electrons. The third-order valence-electron chi connectivity index (χ3n) is 6.05. The summed E-state index contributed by atoms with van der Waals surface area (Å²) in [6.45, 7) is 4.31. The maximum atomic E-state index is 14.8. The Kier molecular flexibility index (Phi) is 7.91. The molecule has 1 unspecified atom stereocenters. The lowest BCUT2D eigenvalue weighted by atomic mass is 9.76. The number of carboxylic acids is 1. The third-order valence-corrected chi connectivity index (χ3v) is 8.66. The molecule has 178 valence electrons. The molecule has 4 nitrogen and oxygen atoms in total. The van der Waals surface area contributed by atoms with E-state index in [1.165, 1.54) is 0 Å². The van der Waals surface area contributed by atoms with E-state index in [1.54, 1.807) is 0 Å². The van der Waals surface area contributed by atoms with E-state index in [4.69, 9.17) is 5.11 Å². The van der Waals surface area contributed by atoms with Gasteiger partial charge >= 0.3 is 12.1 Å². The Bertz CT molecular complexity index is 990. The molecule has 0 bridgehead atoms. The highest BCUT2D eigenvalue weighted by Crippen LogP contribution is 2.50. The number of rotatable bonds is 8. The topological polar surface area (TPSA) is 71.4 Å². The summed E-state index contributed by atoms with van der Waals surface area (Å²) in [6.07, 6.45) is -3.73. The van der Waals surface area contributed by atoms with Crippen LogP contribution in [0.1, 0.15) is 51.0 Å². The molecule has 1 atom stereocenters. The summed E-state index contributed by atoms with van der Waals surface area (Å²) < 4.78 is 92.8. The van der Waals surface area contributed by atoms with Crippen molar-refractivity contribution in [1.82, 2.24) is 0 Å². The lowest BCUT2D eigenvalue weighted by molar-refractivity contribution is -0.168. The number of carboxylic acid groups (broad SMARTS) is 1. The molecule has 1 aromatic rings. The zero-order chi connectivity index (χ0) is 24.3. The van der Waals surface area contributed by atoms with Crippen molar-refractivity contribution in [3.05, 3.63) is 59.0 Å². The van der Waals surface area contributed by atoms with Crippen molar-refractivity contribution >= 4 is 15.8 Å². The number of hydrogen-bond acceptors (Lipinski definition) is 3. The van der Waals surface area contributed by atoms with Crippen molar-refractivity contribution in [3.63, 3.8) is 0 Å². The van der Waals surface area contributed by atoms with Crippen LogP contribution in [0.2, 0.25) is 0 Å². The maximum absolute atomic E-state index is 14.8. The molecule has 2 rings (SSSR count). The highest BCUT2D eigenvalue weighted by molar-refractivity contribution is 7.96. The zero-order valence-electron chi connectivity index (χ0n) is 17.5. The summed E-state index contributed by atoms with van der Waals surface area (Å²) in [5.74, 6) is -5.05. The molecule has 0 aromatic heterocycles. The van der Waals surface area contributed by atoms with E-state index in [2.05, 4.69) is 6.58 Å². The molecule has 1 aromatic carbocycles. The Morgan fingerprint density at radius 3 is 2.38 bits per heavy atom. The minimum Gasteiger partial charge on any atom is -0.481 e. The molecule has 1 aliphatic carbocycles. The van der Waals surface area contributed by atoms with Gasteiger partial charge in [0.05, 0.1) is 10.8 Å². The van der Waals surface area contributed by atoms with Gasteiger partial charge < -0.3 is 5.11 Å². The van der Waals surface area contributed by atoms with Crippen LogP contribution in [0.15, 0.2) is 41.8 Å². The molecule has 1 fully saturated rings. The van der Waals surface area contributed by atoms with Gasteiger partial charge in [-0.15, -0.1) is 0 Å². The Labute approximate surface area is 183 Å². The Morgan fingerprint density at radius 1 is 1.28 bits per heavy atom. The molecule has 0 heterocycles. The van der Waals surface area contributed by atoms with Gasteiger partial charge in [0.1, 0.15) is 16.4 Å². The molecule has 1 saturated carbocycles. The first-order chi connectivity index (χ1) is 14.7. The molecule has 1 aliphatic rings. The standard InChI is InChI=1S/C22H25F5O4S/c1-3-17(6-4-14(2)22(25,26)27)32(30,31)21(18-13-16(23)5-7-19(18)24)10-8-15(9-11-21)12-20(28)29/h3,5-7,13-15H,1,4,8-12H2,2H3,(H,28,29)/b17-6+/t14?,15-,21+. The second-order valence-corrected chi connectivity index (χ2v) is 10.4. The number of benzene rings is 1. The maximum Gasteiger partial charge on any atom is 0.391 e. The van der Waals surface area contributed by atoms with Gasteiger partial charge in [0.25, 0.3) is 0 Å². The fourth-order valence-corrected chi connectivity index (χ4v) is 6.28. The summed E-state index contributed by atoms with van der Waals surface area (Å²) in [7, 11) is -4.50. The number of allylic oxidation sites excluding steroid dienone is 2. The van der Waals surface area contributed by atoms with E-state index in [-0.39, 0.29) is 38.0 Å². The summed E-state index contributed by atoms with van der Waals surface area (Å²) in [4.78, 5) is 10.5. The van der Waals surface area contributed by atoms with Crippen molar-refractivity contribution in [2.24, 2.45) is 11.8 Å². The molecular formula is C22H25F5O4S. The Morgan fingerprint density at radius 2 is 1.88 bits per heavy atom. The van der Waals surface area contributed by atoms with Gasteiger partial charge in [-0.2, -0.15) is 13.2 Å². The predicted molar refractivity (Wildman–Crippen MR) is 109 cm³/mol. The van der Waals surface area contributed by atoms with E-state index in [9.17, 15) is 35.2 Å². The number of sulfone groups is 1. The summed E-state index contributed by atoms with van der Waals surface area (Å²) in [6, 6.07) is 2.42. The van der Waals surface area contributed by atoms with Crippen LogP contribution in [0.25, 0.3) is 0 Å². The Hall–Kier alpha value is -2.23. The summed E-state index contributed by atoms with van der Waals surface area (Å²) in [5.41, 5.74) is -0.414.